The summed E-state index contributed by atoms with van der Waals surface area (Å²) in [4.78, 5) is 1.19. The Morgan fingerprint density at radius 2 is 2.20 bits per heavy atom. The first kappa shape index (κ1) is 6.39. The fourth-order valence-corrected chi connectivity index (χ4v) is 1.86. The number of hydrazine groups is 1. The minimum atomic E-state index is 1.10. The maximum Gasteiger partial charge on any atom is 0.0658 e. The lowest BCUT2D eigenvalue weighted by Crippen LogP contribution is -2.03. The van der Waals surface area contributed by atoms with Crippen LogP contribution in [0.4, 0.5) is 5.69 Å². The van der Waals surface area contributed by atoms with Crippen molar-refractivity contribution in [2.45, 2.75) is 4.90 Å². The van der Waals surface area contributed by atoms with E-state index in [2.05, 4.69) is 5.43 Å². The summed E-state index contributed by atoms with van der Waals surface area (Å²) in [5, 5.41) is 0. The quantitative estimate of drug-likeness (QED) is 0.600. The van der Waals surface area contributed by atoms with Crippen molar-refractivity contribution in [1.82, 2.24) is 3.82 Å². The van der Waals surface area contributed by atoms with Gasteiger partial charge in [0.2, 0.25) is 0 Å². The third kappa shape index (κ3) is 0.982. The molecule has 0 atom stereocenters. The molecule has 0 saturated heterocycles. The Hall–Kier alpha value is -0.320. The molecule has 0 amide bonds. The van der Waals surface area contributed by atoms with Crippen LogP contribution in [0.1, 0.15) is 0 Å². The van der Waals surface area contributed by atoms with Gasteiger partial charge in [-0.05, 0) is 24.1 Å². The van der Waals surface area contributed by atoms with Gasteiger partial charge in [-0.1, -0.05) is 16.0 Å². The van der Waals surface area contributed by atoms with E-state index in [0.717, 1.165) is 5.69 Å². The minimum absolute atomic E-state index is 1.10. The van der Waals surface area contributed by atoms with Crippen molar-refractivity contribution in [2.24, 2.45) is 0 Å². The molecule has 4 heteroatoms. The molecular weight excluding hydrogens is 164 g/mol. The van der Waals surface area contributed by atoms with Gasteiger partial charge in [0, 0.05) is 12.8 Å². The number of para-hydroxylation sites is 1. The fourth-order valence-electron chi connectivity index (χ4n) is 0.849. The van der Waals surface area contributed by atoms with Gasteiger partial charge in [0.05, 0.1) is 10.6 Å². The van der Waals surface area contributed by atoms with E-state index >= 15 is 0 Å². The molecule has 10 heavy (non-hydrogen) atoms. The van der Waals surface area contributed by atoms with Gasteiger partial charge in [-0.3, -0.25) is 5.43 Å². The molecule has 51 valence electrons. The van der Waals surface area contributed by atoms with E-state index in [9.17, 15) is 0 Å². The van der Waals surface area contributed by atoms with Crippen LogP contribution in [0.15, 0.2) is 29.2 Å². The summed E-state index contributed by atoms with van der Waals surface area (Å²) in [5.74, 6) is 0. The van der Waals surface area contributed by atoms with Gasteiger partial charge in [0.15, 0.2) is 0 Å². The maximum absolute atomic E-state index is 4.89. The van der Waals surface area contributed by atoms with Crippen molar-refractivity contribution in [3.63, 3.8) is 0 Å². The third-order valence-corrected chi connectivity index (χ3v) is 2.40. The van der Waals surface area contributed by atoms with Crippen LogP contribution in [-0.4, -0.2) is 3.82 Å². The Balaban J connectivity index is 2.42. The van der Waals surface area contributed by atoms with Crippen molar-refractivity contribution in [3.05, 3.63) is 24.3 Å². The van der Waals surface area contributed by atoms with E-state index in [-0.39, 0.29) is 0 Å². The van der Waals surface area contributed by atoms with Crippen LogP contribution in [-0.2, 0) is 0 Å². The second-order valence-electron chi connectivity index (χ2n) is 1.96. The van der Waals surface area contributed by atoms with Crippen LogP contribution in [0.5, 0.6) is 0 Å². The number of rotatable bonds is 0. The van der Waals surface area contributed by atoms with Gasteiger partial charge in [-0.15, -0.1) is 0 Å². The lowest BCUT2D eigenvalue weighted by atomic mass is 10.3. The Morgan fingerprint density at radius 1 is 1.40 bits per heavy atom. The van der Waals surface area contributed by atoms with Crippen molar-refractivity contribution >= 4 is 30.5 Å². The molecule has 0 fully saturated rings. The highest BCUT2D eigenvalue weighted by Gasteiger charge is 2.15. The van der Waals surface area contributed by atoms with Crippen molar-refractivity contribution in [1.29, 1.82) is 0 Å². The highest BCUT2D eigenvalue weighted by atomic mass is 32.2. The van der Waals surface area contributed by atoms with Crippen molar-refractivity contribution < 1.29 is 0 Å². The molecular formula is C6H5N2S2. The summed E-state index contributed by atoms with van der Waals surface area (Å²) in [7, 11) is 0. The van der Waals surface area contributed by atoms with Gasteiger partial charge >= 0.3 is 0 Å². The van der Waals surface area contributed by atoms with Crippen LogP contribution >= 0.6 is 24.8 Å². The standard InChI is InChI=1S/C6H5N2S2/c9-8-7-5-3-1-2-4-6(5)10-8/h1-4,7H. The number of benzene rings is 1. The minimum Gasteiger partial charge on any atom is -0.297 e. The van der Waals surface area contributed by atoms with Crippen LogP contribution < -0.4 is 5.43 Å². The monoisotopic (exact) mass is 169 g/mol. The summed E-state index contributed by atoms with van der Waals surface area (Å²) < 4.78 is 1.57. The molecule has 1 aliphatic rings. The average molecular weight is 169 g/mol. The first-order chi connectivity index (χ1) is 4.86. The Bertz CT molecular complexity index is 226. The van der Waals surface area contributed by atoms with Crippen molar-refractivity contribution in [3.8, 4) is 0 Å². The summed E-state index contributed by atoms with van der Waals surface area (Å²) in [5.41, 5.74) is 4.11. The summed E-state index contributed by atoms with van der Waals surface area (Å²) >= 11 is 6.42. The SMILES string of the molecule is [S]N1Nc2ccccc2S1. The first-order valence-corrected chi connectivity index (χ1v) is 4.01. The smallest absolute Gasteiger partial charge is 0.0658 e. The highest BCUT2D eigenvalue weighted by Crippen LogP contribution is 2.37. The number of nitrogens with one attached hydrogen (secondary N) is 1. The van der Waals surface area contributed by atoms with Gasteiger partial charge < -0.3 is 0 Å². The zero-order valence-electron chi connectivity index (χ0n) is 5.07. The number of anilines is 1. The zero-order chi connectivity index (χ0) is 6.97. The van der Waals surface area contributed by atoms with E-state index in [1.807, 2.05) is 24.3 Å². The van der Waals surface area contributed by atoms with Crippen LogP contribution in [0.3, 0.4) is 0 Å². The molecule has 1 aromatic carbocycles. The first-order valence-electron chi connectivity index (χ1n) is 2.87. The lowest BCUT2D eigenvalue weighted by Gasteiger charge is -2.00. The zero-order valence-corrected chi connectivity index (χ0v) is 6.71. The van der Waals surface area contributed by atoms with Crippen LogP contribution in [0.2, 0.25) is 0 Å². The topological polar surface area (TPSA) is 15.3 Å². The molecule has 0 saturated carbocycles. The number of hydrogen-bond acceptors (Lipinski definition) is 3. The van der Waals surface area contributed by atoms with Crippen LogP contribution in [0.25, 0.3) is 0 Å². The van der Waals surface area contributed by atoms with E-state index < -0.39 is 0 Å². The second-order valence-corrected chi connectivity index (χ2v) is 3.54. The van der Waals surface area contributed by atoms with E-state index in [1.54, 1.807) is 3.82 Å². The van der Waals surface area contributed by atoms with Crippen LogP contribution in [0, 0.1) is 0 Å². The molecule has 1 heterocycles. The number of fused-ring (bicyclic) bond motifs is 1. The molecule has 0 aromatic heterocycles. The van der Waals surface area contributed by atoms with Gasteiger partial charge in [-0.2, -0.15) is 0 Å². The lowest BCUT2D eigenvalue weighted by molar-refractivity contribution is 0.948. The normalized spacial score (nSPS) is 16.5. The summed E-state index contributed by atoms with van der Waals surface area (Å²) in [6.07, 6.45) is 0. The summed E-state index contributed by atoms with van der Waals surface area (Å²) in [6.45, 7) is 0. The Morgan fingerprint density at radius 3 is 3.00 bits per heavy atom. The second kappa shape index (κ2) is 2.38. The molecule has 2 nitrogen and oxygen atoms in total. The molecule has 2 rings (SSSR count). The average Bonchev–Trinajstić information content (AvgIpc) is 2.27. The largest absolute Gasteiger partial charge is 0.297 e. The van der Waals surface area contributed by atoms with Crippen molar-refractivity contribution in [2.75, 3.05) is 5.43 Å². The molecule has 0 unspecified atom stereocenters. The van der Waals surface area contributed by atoms with E-state index in [4.69, 9.17) is 12.8 Å². The summed E-state index contributed by atoms with van der Waals surface area (Å²) in [6, 6.07) is 8.04. The number of nitrogens with zero attached hydrogens (tertiary/aromatic N) is 1. The molecule has 1 aromatic rings. The fraction of sp³-hybridized carbons (Fsp3) is 0. The Kier molecular flexibility index (Phi) is 1.52. The third-order valence-electron chi connectivity index (χ3n) is 1.28. The molecule has 1 N–H and O–H groups in total. The molecule has 1 aliphatic heterocycles. The maximum atomic E-state index is 4.89. The van der Waals surface area contributed by atoms with Gasteiger partial charge in [0.25, 0.3) is 0 Å². The van der Waals surface area contributed by atoms with Gasteiger partial charge in [0.1, 0.15) is 0 Å². The van der Waals surface area contributed by atoms with E-state index in [1.165, 1.54) is 16.8 Å². The molecule has 0 spiro atoms. The highest BCUT2D eigenvalue weighted by molar-refractivity contribution is 8.06. The number of hydrogen-bond donors (Lipinski definition) is 1. The molecule has 1 radical (unpaired) electrons. The molecule has 0 bridgehead atoms. The predicted octanol–water partition coefficient (Wildman–Crippen LogP) is 2.45. The predicted molar refractivity (Wildman–Crippen MR) is 45.4 cm³/mol. The Labute approximate surface area is 69.3 Å². The van der Waals surface area contributed by atoms with E-state index in [0.29, 0.717) is 0 Å². The van der Waals surface area contributed by atoms with Gasteiger partial charge in [-0.25, -0.2) is 0 Å². The molecule has 0 aliphatic carbocycles.